The van der Waals surface area contributed by atoms with Gasteiger partial charge in [-0.3, -0.25) is 4.79 Å². The minimum Gasteiger partial charge on any atom is -0.398 e. The standard InChI is InChI=1S/C16H17N7.C5H7NO.C4H10/c1-19-14-3-2-4-16(21-14)23-8-7-15(22-23)20-12-5-6-13(18)11(9-12)10-17;1-2-5(3-6)4-7;1-3-4-2/h2-10,17H,18H2,1H3,(H,19,21)(H,20,22);2-4,6H,1H3;3-4H2,1-2H3/b;5-2+,6-3?;. The lowest BCUT2D eigenvalue weighted by Crippen LogP contribution is -2.02. The molecule has 180 valence electrons. The number of rotatable bonds is 8. The molecule has 6 N–H and O–H groups in total. The molecule has 0 atom stereocenters. The van der Waals surface area contributed by atoms with Crippen LogP contribution in [0.5, 0.6) is 0 Å². The molecule has 2 heterocycles. The largest absolute Gasteiger partial charge is 0.398 e. The number of allylic oxidation sites excluding steroid dienone is 2. The minimum absolute atomic E-state index is 0.417. The summed E-state index contributed by atoms with van der Waals surface area (Å²) in [5.74, 6) is 2.19. The second-order valence-electron chi connectivity index (χ2n) is 6.94. The number of nitrogens with one attached hydrogen (secondary N) is 4. The van der Waals surface area contributed by atoms with Gasteiger partial charge in [-0.15, -0.1) is 5.10 Å². The summed E-state index contributed by atoms with van der Waals surface area (Å²) in [5, 5.41) is 24.5. The van der Waals surface area contributed by atoms with Crippen LogP contribution >= 0.6 is 0 Å². The number of nitrogen functional groups attached to an aromatic ring is 1. The van der Waals surface area contributed by atoms with Gasteiger partial charge in [0.05, 0.1) is 0 Å². The van der Waals surface area contributed by atoms with Crippen LogP contribution in [0.15, 0.2) is 60.3 Å². The van der Waals surface area contributed by atoms with E-state index in [1.54, 1.807) is 29.8 Å². The normalized spacial score (nSPS) is 10.1. The Morgan fingerprint density at radius 3 is 2.38 bits per heavy atom. The summed E-state index contributed by atoms with van der Waals surface area (Å²) in [6, 6.07) is 13.0. The molecule has 34 heavy (non-hydrogen) atoms. The van der Waals surface area contributed by atoms with E-state index in [2.05, 4.69) is 34.6 Å². The first kappa shape index (κ1) is 27.8. The molecule has 0 bridgehead atoms. The lowest BCUT2D eigenvalue weighted by atomic mass is 10.2. The van der Waals surface area contributed by atoms with E-state index >= 15 is 0 Å². The van der Waals surface area contributed by atoms with E-state index < -0.39 is 0 Å². The zero-order valence-corrected chi connectivity index (χ0v) is 20.2. The molecule has 0 amide bonds. The van der Waals surface area contributed by atoms with Gasteiger partial charge in [-0.05, 0) is 37.3 Å². The van der Waals surface area contributed by atoms with Crippen molar-refractivity contribution in [2.75, 3.05) is 23.4 Å². The molecule has 0 saturated heterocycles. The molecular formula is C25H34N8O. The quantitative estimate of drug-likeness (QED) is 0.134. The van der Waals surface area contributed by atoms with Crippen molar-refractivity contribution in [1.29, 1.82) is 10.8 Å². The Bertz CT molecular complexity index is 1080. The van der Waals surface area contributed by atoms with E-state index in [4.69, 9.17) is 16.6 Å². The summed E-state index contributed by atoms with van der Waals surface area (Å²) in [5.41, 5.74) is 8.26. The van der Waals surface area contributed by atoms with Crippen LogP contribution < -0.4 is 16.4 Å². The smallest absolute Gasteiger partial charge is 0.155 e. The van der Waals surface area contributed by atoms with E-state index in [-0.39, 0.29) is 0 Å². The molecule has 0 aliphatic heterocycles. The molecule has 0 saturated carbocycles. The number of anilines is 4. The Morgan fingerprint density at radius 2 is 1.85 bits per heavy atom. The van der Waals surface area contributed by atoms with Gasteiger partial charge in [0.15, 0.2) is 17.9 Å². The van der Waals surface area contributed by atoms with Gasteiger partial charge in [0.25, 0.3) is 0 Å². The van der Waals surface area contributed by atoms with Crippen molar-refractivity contribution < 1.29 is 4.79 Å². The van der Waals surface area contributed by atoms with E-state index in [9.17, 15) is 4.79 Å². The molecule has 2 aromatic heterocycles. The molecule has 9 heteroatoms. The first-order valence-electron chi connectivity index (χ1n) is 11.0. The number of carbonyl (C=O) groups excluding carboxylic acids is 1. The second-order valence-corrected chi connectivity index (χ2v) is 6.94. The molecule has 3 aromatic rings. The van der Waals surface area contributed by atoms with E-state index in [1.807, 2.05) is 43.6 Å². The Balaban J connectivity index is 0.000000441. The molecule has 0 radical (unpaired) electrons. The van der Waals surface area contributed by atoms with Crippen LogP contribution in [-0.4, -0.2) is 40.5 Å². The predicted molar refractivity (Wildman–Crippen MR) is 142 cm³/mol. The number of carbonyl (C=O) groups is 1. The first-order valence-corrected chi connectivity index (χ1v) is 11.0. The molecule has 0 unspecified atom stereocenters. The number of nitrogens with two attached hydrogens (primary N) is 1. The maximum atomic E-state index is 9.75. The number of hydrogen-bond acceptors (Lipinski definition) is 8. The third kappa shape index (κ3) is 9.07. The van der Waals surface area contributed by atoms with Crippen molar-refractivity contribution in [2.24, 2.45) is 0 Å². The first-order chi connectivity index (χ1) is 16.5. The third-order valence-corrected chi connectivity index (χ3v) is 4.47. The summed E-state index contributed by atoms with van der Waals surface area (Å²) in [7, 11) is 1.82. The average molecular weight is 463 g/mol. The number of unbranched alkanes of at least 4 members (excludes halogenated alkanes) is 1. The van der Waals surface area contributed by atoms with Gasteiger partial charge >= 0.3 is 0 Å². The fourth-order valence-electron chi connectivity index (χ4n) is 2.32. The van der Waals surface area contributed by atoms with Crippen LogP contribution in [-0.2, 0) is 4.79 Å². The van der Waals surface area contributed by atoms with Crippen LogP contribution in [0.25, 0.3) is 5.82 Å². The number of aldehydes is 1. The van der Waals surface area contributed by atoms with Crippen molar-refractivity contribution in [1.82, 2.24) is 14.8 Å². The number of benzene rings is 1. The highest BCUT2D eigenvalue weighted by Gasteiger charge is 2.05. The predicted octanol–water partition coefficient (Wildman–Crippen LogP) is 5.22. The van der Waals surface area contributed by atoms with Crippen LogP contribution in [0.4, 0.5) is 23.0 Å². The summed E-state index contributed by atoms with van der Waals surface area (Å²) >= 11 is 0. The molecular weight excluding hydrogens is 428 g/mol. The summed E-state index contributed by atoms with van der Waals surface area (Å²) in [6.45, 7) is 6.08. The van der Waals surface area contributed by atoms with E-state index in [0.717, 1.165) is 23.5 Å². The van der Waals surface area contributed by atoms with Gasteiger partial charge in [-0.25, -0.2) is 9.67 Å². The lowest BCUT2D eigenvalue weighted by molar-refractivity contribution is -0.104. The van der Waals surface area contributed by atoms with Crippen LogP contribution in [0.2, 0.25) is 0 Å². The highest BCUT2D eigenvalue weighted by molar-refractivity contribution is 6.00. The molecule has 0 fully saturated rings. The van der Waals surface area contributed by atoms with Crippen molar-refractivity contribution in [3.8, 4) is 5.82 Å². The van der Waals surface area contributed by atoms with Crippen molar-refractivity contribution >= 4 is 41.7 Å². The maximum absolute atomic E-state index is 9.75. The molecule has 0 spiro atoms. The Hall–Kier alpha value is -4.27. The van der Waals surface area contributed by atoms with Crippen molar-refractivity contribution in [3.05, 3.63) is 65.9 Å². The Kier molecular flexibility index (Phi) is 12.7. The number of aromatic nitrogens is 3. The monoisotopic (exact) mass is 462 g/mol. The summed E-state index contributed by atoms with van der Waals surface area (Å²) in [4.78, 5) is 14.2. The van der Waals surface area contributed by atoms with E-state index in [1.165, 1.54) is 19.1 Å². The van der Waals surface area contributed by atoms with Gasteiger partial charge in [-0.1, -0.05) is 38.8 Å². The zero-order valence-electron chi connectivity index (χ0n) is 20.2. The average Bonchev–Trinajstić information content (AvgIpc) is 3.35. The fraction of sp³-hybridized carbons (Fsp3) is 0.240. The molecule has 0 aliphatic rings. The fourth-order valence-corrected chi connectivity index (χ4v) is 2.32. The second kappa shape index (κ2) is 15.5. The summed E-state index contributed by atoms with van der Waals surface area (Å²) < 4.78 is 1.69. The van der Waals surface area contributed by atoms with Gasteiger partial charge in [-0.2, -0.15) is 0 Å². The number of pyridine rings is 1. The minimum atomic E-state index is 0.417. The number of nitrogens with zero attached hydrogens (tertiary/aromatic N) is 3. The molecule has 0 aliphatic carbocycles. The molecule has 3 rings (SSSR count). The van der Waals surface area contributed by atoms with E-state index in [0.29, 0.717) is 28.9 Å². The van der Waals surface area contributed by atoms with Crippen LogP contribution in [0.3, 0.4) is 0 Å². The molecule has 9 nitrogen and oxygen atoms in total. The van der Waals surface area contributed by atoms with Crippen LogP contribution in [0.1, 0.15) is 39.2 Å². The van der Waals surface area contributed by atoms with Gasteiger partial charge in [0.1, 0.15) is 5.82 Å². The topological polar surface area (TPSA) is 146 Å². The lowest BCUT2D eigenvalue weighted by Gasteiger charge is -2.06. The van der Waals surface area contributed by atoms with Gasteiger partial charge < -0.3 is 27.2 Å². The van der Waals surface area contributed by atoms with Crippen molar-refractivity contribution in [2.45, 2.75) is 33.6 Å². The highest BCUT2D eigenvalue weighted by atomic mass is 16.1. The van der Waals surface area contributed by atoms with Crippen molar-refractivity contribution in [3.63, 3.8) is 0 Å². The number of hydrogen-bond donors (Lipinski definition) is 5. The SMILES string of the molecule is C/C=C(\C=N)C=O.CCCC.CNc1cccc(-n2ccc(Nc3ccc(N)c(C=N)c3)n2)n1. The zero-order chi connectivity index (χ0) is 25.3. The Labute approximate surface area is 201 Å². The highest BCUT2D eigenvalue weighted by Crippen LogP contribution is 2.20. The summed E-state index contributed by atoms with van der Waals surface area (Å²) in [6.07, 6.45) is 8.95. The van der Waals surface area contributed by atoms with Gasteiger partial charge in [0, 0.05) is 54.3 Å². The van der Waals surface area contributed by atoms with Crippen LogP contribution in [0, 0.1) is 10.8 Å². The molecule has 1 aromatic carbocycles. The van der Waals surface area contributed by atoms with Gasteiger partial charge in [0.2, 0.25) is 0 Å². The maximum Gasteiger partial charge on any atom is 0.155 e. The Morgan fingerprint density at radius 1 is 1.12 bits per heavy atom. The third-order valence-electron chi connectivity index (χ3n) is 4.47.